The van der Waals surface area contributed by atoms with E-state index in [9.17, 15) is 4.79 Å². The van der Waals surface area contributed by atoms with Gasteiger partial charge in [0.15, 0.2) is 23.3 Å². The zero-order valence-corrected chi connectivity index (χ0v) is 17.1. The Labute approximate surface area is 183 Å². The molecule has 0 saturated heterocycles. The number of carbonyl (C=O) groups excluding carboxylic acids is 1. The van der Waals surface area contributed by atoms with E-state index in [4.69, 9.17) is 4.74 Å². The Balaban J connectivity index is 1.57. The van der Waals surface area contributed by atoms with Gasteiger partial charge in [0.05, 0.1) is 12.7 Å². The number of methoxy groups -OCH3 is 1. The second-order valence-electron chi connectivity index (χ2n) is 7.00. The second-order valence-corrected chi connectivity index (χ2v) is 7.00. The highest BCUT2D eigenvalue weighted by atomic mass is 16.5. The van der Waals surface area contributed by atoms with Crippen LogP contribution in [0.3, 0.4) is 0 Å². The number of aromatic nitrogens is 6. The number of carbonyl (C=O) groups is 1. The third-order valence-corrected chi connectivity index (χ3v) is 4.99. The van der Waals surface area contributed by atoms with E-state index in [0.717, 1.165) is 16.7 Å². The van der Waals surface area contributed by atoms with Gasteiger partial charge in [0.25, 0.3) is 0 Å². The van der Waals surface area contributed by atoms with E-state index >= 15 is 0 Å². The summed E-state index contributed by atoms with van der Waals surface area (Å²) in [5, 5.41) is 14.6. The highest BCUT2D eigenvalue weighted by molar-refractivity contribution is 5.97. The van der Waals surface area contributed by atoms with Crippen molar-refractivity contribution < 1.29 is 9.53 Å². The molecule has 2 heterocycles. The third-order valence-electron chi connectivity index (χ3n) is 4.99. The van der Waals surface area contributed by atoms with Crippen LogP contribution in [0.15, 0.2) is 78.9 Å². The topological polar surface area (TPSA) is 109 Å². The predicted molar refractivity (Wildman–Crippen MR) is 119 cm³/mol. The summed E-state index contributed by atoms with van der Waals surface area (Å²) in [5.41, 5.74) is 3.42. The molecule has 0 aliphatic heterocycles. The molecule has 0 atom stereocenters. The first-order chi connectivity index (χ1) is 15.7. The summed E-state index contributed by atoms with van der Waals surface area (Å²) in [6.45, 7) is 0. The van der Waals surface area contributed by atoms with E-state index in [1.807, 2.05) is 60.7 Å². The maximum atomic E-state index is 12.4. The van der Waals surface area contributed by atoms with E-state index in [1.54, 1.807) is 18.2 Å². The summed E-state index contributed by atoms with van der Waals surface area (Å²) in [6.07, 6.45) is 0. The van der Waals surface area contributed by atoms with Crippen LogP contribution in [0.5, 0.6) is 0 Å². The summed E-state index contributed by atoms with van der Waals surface area (Å²) >= 11 is 0. The number of esters is 1. The lowest BCUT2D eigenvalue weighted by Gasteiger charge is -2.06. The molecule has 32 heavy (non-hydrogen) atoms. The molecule has 0 bridgehead atoms. The molecule has 0 fully saturated rings. The molecule has 2 N–H and O–H groups in total. The third kappa shape index (κ3) is 3.65. The molecule has 3 aromatic carbocycles. The molecule has 0 radical (unpaired) electrons. The molecular weight excluding hydrogens is 404 g/mol. The molecule has 0 unspecified atom stereocenters. The summed E-state index contributed by atoms with van der Waals surface area (Å²) in [7, 11) is 1.34. The predicted octanol–water partition coefficient (Wildman–Crippen LogP) is 4.38. The molecule has 0 aliphatic carbocycles. The number of hydrogen-bond acceptors (Lipinski definition) is 6. The minimum absolute atomic E-state index is 0.355. The summed E-state index contributed by atoms with van der Waals surface area (Å²) in [6, 6.07) is 24.6. The molecule has 8 nitrogen and oxygen atoms in total. The van der Waals surface area contributed by atoms with Crippen molar-refractivity contribution in [2.75, 3.05) is 7.11 Å². The lowest BCUT2D eigenvalue weighted by Crippen LogP contribution is -2.04. The van der Waals surface area contributed by atoms with Crippen LogP contribution in [0.4, 0.5) is 0 Å². The first kappa shape index (κ1) is 19.4. The molecule has 5 aromatic rings. The maximum absolute atomic E-state index is 12.4. The Morgan fingerprint density at radius 3 is 1.88 bits per heavy atom. The van der Waals surface area contributed by atoms with Gasteiger partial charge >= 0.3 is 5.97 Å². The first-order valence-corrected chi connectivity index (χ1v) is 9.91. The molecule has 0 saturated carbocycles. The first-order valence-electron chi connectivity index (χ1n) is 9.91. The normalized spacial score (nSPS) is 10.8. The fourth-order valence-corrected chi connectivity index (χ4v) is 3.38. The molecule has 0 amide bonds. The van der Waals surface area contributed by atoms with Crippen LogP contribution in [0.25, 0.3) is 45.6 Å². The molecule has 156 valence electrons. The average molecular weight is 422 g/mol. The van der Waals surface area contributed by atoms with Gasteiger partial charge in [-0.15, -0.1) is 0 Å². The standard InChI is InChI=1S/C24H18N6O2/c1-32-24(31)18-13-12-17(22-25-20(27-29-22)15-8-4-2-5-9-15)14-19(18)23-26-21(28-30-23)16-10-6-3-7-11-16/h2-14H,1H3,(H,25,27,29)(H,26,28,30). The van der Waals surface area contributed by atoms with Gasteiger partial charge in [0.2, 0.25) is 0 Å². The van der Waals surface area contributed by atoms with Crippen LogP contribution in [-0.4, -0.2) is 43.4 Å². The number of H-pyrrole nitrogens is 2. The van der Waals surface area contributed by atoms with E-state index in [1.165, 1.54) is 7.11 Å². The molecular formula is C24H18N6O2. The number of hydrogen-bond donors (Lipinski definition) is 2. The van der Waals surface area contributed by atoms with Gasteiger partial charge < -0.3 is 4.74 Å². The number of benzene rings is 3. The highest BCUT2D eigenvalue weighted by Crippen LogP contribution is 2.29. The smallest absolute Gasteiger partial charge is 0.338 e. The Morgan fingerprint density at radius 1 is 0.719 bits per heavy atom. The lowest BCUT2D eigenvalue weighted by atomic mass is 10.0. The Hall–Kier alpha value is -4.59. The minimum Gasteiger partial charge on any atom is -0.465 e. The zero-order valence-electron chi connectivity index (χ0n) is 17.1. The van der Waals surface area contributed by atoms with Crippen LogP contribution in [0.2, 0.25) is 0 Å². The van der Waals surface area contributed by atoms with Crippen molar-refractivity contribution in [3.63, 3.8) is 0 Å². The SMILES string of the molecule is COC(=O)c1ccc(-c2n[nH]c(-c3ccccc3)n2)cc1-c1n[nH]c(-c2ccccc2)n1. The van der Waals surface area contributed by atoms with E-state index in [0.29, 0.717) is 34.4 Å². The van der Waals surface area contributed by atoms with Gasteiger partial charge in [-0.2, -0.15) is 10.2 Å². The van der Waals surface area contributed by atoms with Crippen molar-refractivity contribution >= 4 is 5.97 Å². The van der Waals surface area contributed by atoms with Crippen molar-refractivity contribution in [3.8, 4) is 45.6 Å². The zero-order chi connectivity index (χ0) is 21.9. The van der Waals surface area contributed by atoms with Crippen molar-refractivity contribution in [2.24, 2.45) is 0 Å². The number of nitrogens with one attached hydrogen (secondary N) is 2. The fourth-order valence-electron chi connectivity index (χ4n) is 3.38. The van der Waals surface area contributed by atoms with E-state index in [2.05, 4.69) is 30.4 Å². The highest BCUT2D eigenvalue weighted by Gasteiger charge is 2.19. The van der Waals surface area contributed by atoms with Crippen LogP contribution in [0, 0.1) is 0 Å². The summed E-state index contributed by atoms with van der Waals surface area (Å²) in [4.78, 5) is 21.6. The fraction of sp³-hybridized carbons (Fsp3) is 0.0417. The largest absolute Gasteiger partial charge is 0.465 e. The van der Waals surface area contributed by atoms with Gasteiger partial charge in [-0.05, 0) is 12.1 Å². The van der Waals surface area contributed by atoms with Crippen molar-refractivity contribution in [3.05, 3.63) is 84.4 Å². The lowest BCUT2D eigenvalue weighted by molar-refractivity contribution is 0.0601. The Kier molecular flexibility index (Phi) is 5.01. The van der Waals surface area contributed by atoms with Gasteiger partial charge in [-0.1, -0.05) is 66.7 Å². The second kappa shape index (κ2) is 8.27. The number of aromatic amines is 2. The van der Waals surface area contributed by atoms with Crippen LogP contribution in [-0.2, 0) is 4.74 Å². The van der Waals surface area contributed by atoms with Crippen molar-refractivity contribution in [1.29, 1.82) is 0 Å². The van der Waals surface area contributed by atoms with Gasteiger partial charge in [0.1, 0.15) is 0 Å². The monoisotopic (exact) mass is 422 g/mol. The van der Waals surface area contributed by atoms with Gasteiger partial charge in [-0.25, -0.2) is 14.8 Å². The molecule has 0 aliphatic rings. The summed E-state index contributed by atoms with van der Waals surface area (Å²) in [5.74, 6) is 1.66. The number of ether oxygens (including phenoxy) is 1. The van der Waals surface area contributed by atoms with Crippen LogP contribution in [0.1, 0.15) is 10.4 Å². The Bertz CT molecular complexity index is 1380. The summed E-state index contributed by atoms with van der Waals surface area (Å²) < 4.78 is 4.96. The van der Waals surface area contributed by atoms with Crippen molar-refractivity contribution in [2.45, 2.75) is 0 Å². The van der Waals surface area contributed by atoms with Gasteiger partial charge in [0, 0.05) is 22.3 Å². The number of nitrogens with zero attached hydrogens (tertiary/aromatic N) is 4. The molecule has 0 spiro atoms. The van der Waals surface area contributed by atoms with E-state index in [-0.39, 0.29) is 0 Å². The molecule has 5 rings (SSSR count). The Morgan fingerprint density at radius 2 is 1.28 bits per heavy atom. The quantitative estimate of drug-likeness (QED) is 0.407. The molecule has 2 aromatic heterocycles. The minimum atomic E-state index is -0.474. The number of rotatable bonds is 5. The van der Waals surface area contributed by atoms with Crippen LogP contribution >= 0.6 is 0 Å². The van der Waals surface area contributed by atoms with E-state index < -0.39 is 5.97 Å². The van der Waals surface area contributed by atoms with Gasteiger partial charge in [-0.3, -0.25) is 10.2 Å². The van der Waals surface area contributed by atoms with Crippen molar-refractivity contribution in [1.82, 2.24) is 30.4 Å². The average Bonchev–Trinajstić information content (AvgIpc) is 3.55. The molecule has 8 heteroatoms. The maximum Gasteiger partial charge on any atom is 0.338 e. The van der Waals surface area contributed by atoms with Crippen LogP contribution < -0.4 is 0 Å².